The van der Waals surface area contributed by atoms with E-state index in [1.807, 2.05) is 18.7 Å². The van der Waals surface area contributed by atoms with E-state index in [9.17, 15) is 4.79 Å². The molecule has 0 aromatic rings. The summed E-state index contributed by atoms with van der Waals surface area (Å²) in [6.45, 7) is 7.93. The lowest BCUT2D eigenvalue weighted by Gasteiger charge is -2.30. The zero-order valence-electron chi connectivity index (χ0n) is 10.5. The van der Waals surface area contributed by atoms with Gasteiger partial charge in [0.05, 0.1) is 0 Å². The van der Waals surface area contributed by atoms with Gasteiger partial charge in [0.2, 0.25) is 5.91 Å². The Kier molecular flexibility index (Phi) is 5.13. The Balaban J connectivity index is 2.41. The number of rotatable bonds is 4. The Morgan fingerprint density at radius 1 is 1.27 bits per heavy atom. The highest BCUT2D eigenvalue weighted by Gasteiger charge is 2.21. The predicted octanol–water partition coefficient (Wildman–Crippen LogP) is 3.07. The van der Waals surface area contributed by atoms with E-state index in [-0.39, 0.29) is 5.92 Å². The summed E-state index contributed by atoms with van der Waals surface area (Å²) in [5.41, 5.74) is 0. The highest BCUT2D eigenvalue weighted by atomic mass is 16.2. The number of hydrogen-bond acceptors (Lipinski definition) is 1. The number of amides is 1. The van der Waals surface area contributed by atoms with Crippen LogP contribution in [0, 0.1) is 11.8 Å². The molecule has 1 fully saturated rings. The fourth-order valence-corrected chi connectivity index (χ4v) is 2.42. The second kappa shape index (κ2) is 6.14. The van der Waals surface area contributed by atoms with Gasteiger partial charge in [0.1, 0.15) is 0 Å². The number of carbonyl (C=O) groups is 1. The number of carbonyl (C=O) groups excluding carboxylic acids is 1. The first kappa shape index (κ1) is 12.5. The average molecular weight is 211 g/mol. The summed E-state index contributed by atoms with van der Waals surface area (Å²) in [4.78, 5) is 13.9. The molecule has 0 aromatic heterocycles. The number of nitrogens with zero attached hydrogens (tertiary/aromatic N) is 1. The minimum Gasteiger partial charge on any atom is -0.342 e. The molecular weight excluding hydrogens is 186 g/mol. The molecule has 2 nitrogen and oxygen atoms in total. The van der Waals surface area contributed by atoms with Gasteiger partial charge in [-0.25, -0.2) is 0 Å². The third-order valence-corrected chi connectivity index (χ3v) is 3.39. The lowest BCUT2D eigenvalue weighted by molar-refractivity contribution is -0.135. The highest BCUT2D eigenvalue weighted by Crippen LogP contribution is 2.24. The van der Waals surface area contributed by atoms with E-state index in [1.165, 1.54) is 32.1 Å². The van der Waals surface area contributed by atoms with Crippen molar-refractivity contribution < 1.29 is 4.79 Å². The predicted molar refractivity (Wildman–Crippen MR) is 63.7 cm³/mol. The van der Waals surface area contributed by atoms with Crippen molar-refractivity contribution in [2.45, 2.75) is 52.9 Å². The van der Waals surface area contributed by atoms with Crippen LogP contribution in [0.15, 0.2) is 0 Å². The highest BCUT2D eigenvalue weighted by molar-refractivity contribution is 5.78. The molecule has 0 bridgehead atoms. The summed E-state index contributed by atoms with van der Waals surface area (Å²) in [7, 11) is 0. The minimum atomic E-state index is 0.147. The van der Waals surface area contributed by atoms with Gasteiger partial charge in [-0.05, 0) is 25.7 Å². The van der Waals surface area contributed by atoms with Gasteiger partial charge in [0, 0.05) is 19.0 Å². The Morgan fingerprint density at radius 2 is 1.87 bits per heavy atom. The van der Waals surface area contributed by atoms with Crippen LogP contribution >= 0.6 is 0 Å². The molecule has 0 spiro atoms. The molecule has 1 aliphatic carbocycles. The largest absolute Gasteiger partial charge is 0.342 e. The second-order valence-corrected chi connectivity index (χ2v) is 5.04. The van der Waals surface area contributed by atoms with E-state index in [1.54, 1.807) is 0 Å². The molecule has 15 heavy (non-hydrogen) atoms. The van der Waals surface area contributed by atoms with Crippen LogP contribution in [0.2, 0.25) is 0 Å². The summed E-state index contributed by atoms with van der Waals surface area (Å²) in [5, 5.41) is 0. The molecule has 1 rings (SSSR count). The van der Waals surface area contributed by atoms with Gasteiger partial charge in [-0.3, -0.25) is 4.79 Å². The van der Waals surface area contributed by atoms with Crippen LogP contribution in [0.1, 0.15) is 52.9 Å². The van der Waals surface area contributed by atoms with Crippen molar-refractivity contribution >= 4 is 5.91 Å². The lowest BCUT2D eigenvalue weighted by atomic mass is 9.89. The van der Waals surface area contributed by atoms with Gasteiger partial charge in [0.25, 0.3) is 0 Å². The molecule has 1 saturated carbocycles. The van der Waals surface area contributed by atoms with Crippen LogP contribution in [0.25, 0.3) is 0 Å². The fourth-order valence-electron chi connectivity index (χ4n) is 2.42. The van der Waals surface area contributed by atoms with E-state index in [4.69, 9.17) is 0 Å². The van der Waals surface area contributed by atoms with Gasteiger partial charge in [-0.15, -0.1) is 0 Å². The van der Waals surface area contributed by atoms with Crippen molar-refractivity contribution in [1.29, 1.82) is 0 Å². The Bertz CT molecular complexity index is 195. The van der Waals surface area contributed by atoms with Gasteiger partial charge in [-0.2, -0.15) is 0 Å². The van der Waals surface area contributed by atoms with Crippen LogP contribution in [-0.4, -0.2) is 23.9 Å². The van der Waals surface area contributed by atoms with E-state index in [2.05, 4.69) is 6.92 Å². The number of hydrogen-bond donors (Lipinski definition) is 0. The van der Waals surface area contributed by atoms with Gasteiger partial charge in [0.15, 0.2) is 0 Å². The monoisotopic (exact) mass is 211 g/mol. The summed E-state index contributed by atoms with van der Waals surface area (Å²) < 4.78 is 0. The molecule has 1 aliphatic rings. The molecule has 1 amide bonds. The topological polar surface area (TPSA) is 20.3 Å². The van der Waals surface area contributed by atoms with Crippen molar-refractivity contribution in [3.8, 4) is 0 Å². The summed E-state index contributed by atoms with van der Waals surface area (Å²) in [6.07, 6.45) is 6.75. The summed E-state index contributed by atoms with van der Waals surface area (Å²) in [5.74, 6) is 1.23. The zero-order chi connectivity index (χ0) is 11.3. The molecule has 0 saturated heterocycles. The van der Waals surface area contributed by atoms with Crippen LogP contribution in [-0.2, 0) is 4.79 Å². The Hall–Kier alpha value is -0.530. The molecule has 0 radical (unpaired) electrons. The smallest absolute Gasteiger partial charge is 0.225 e. The first-order chi connectivity index (χ1) is 7.15. The SMILES string of the molecule is CCN(CC1CCCCC1)C(=O)C(C)C. The first-order valence-electron chi connectivity index (χ1n) is 6.44. The van der Waals surface area contributed by atoms with Crippen molar-refractivity contribution in [2.24, 2.45) is 11.8 Å². The van der Waals surface area contributed by atoms with Crippen LogP contribution in [0.4, 0.5) is 0 Å². The standard InChI is InChI=1S/C13H25NO/c1-4-14(13(15)11(2)3)10-12-8-6-5-7-9-12/h11-12H,4-10H2,1-3H3. The van der Waals surface area contributed by atoms with E-state index in [0.29, 0.717) is 5.91 Å². The Morgan fingerprint density at radius 3 is 2.33 bits per heavy atom. The third-order valence-electron chi connectivity index (χ3n) is 3.39. The van der Waals surface area contributed by atoms with E-state index in [0.717, 1.165) is 19.0 Å². The maximum Gasteiger partial charge on any atom is 0.225 e. The van der Waals surface area contributed by atoms with Crippen molar-refractivity contribution in [3.05, 3.63) is 0 Å². The Labute approximate surface area is 94.0 Å². The maximum atomic E-state index is 11.9. The maximum absolute atomic E-state index is 11.9. The summed E-state index contributed by atoms with van der Waals surface area (Å²) in [6, 6.07) is 0. The minimum absolute atomic E-state index is 0.147. The third kappa shape index (κ3) is 3.84. The molecule has 0 unspecified atom stereocenters. The van der Waals surface area contributed by atoms with Crippen molar-refractivity contribution in [1.82, 2.24) is 4.90 Å². The molecular formula is C13H25NO. The summed E-state index contributed by atoms with van der Waals surface area (Å²) >= 11 is 0. The zero-order valence-corrected chi connectivity index (χ0v) is 10.5. The average Bonchev–Trinajstić information content (AvgIpc) is 2.26. The van der Waals surface area contributed by atoms with Gasteiger partial charge < -0.3 is 4.90 Å². The quantitative estimate of drug-likeness (QED) is 0.700. The van der Waals surface area contributed by atoms with Gasteiger partial charge in [-0.1, -0.05) is 33.1 Å². The lowest BCUT2D eigenvalue weighted by Crippen LogP contribution is -2.38. The molecule has 0 aliphatic heterocycles. The molecule has 0 atom stereocenters. The van der Waals surface area contributed by atoms with Crippen LogP contribution in [0.3, 0.4) is 0 Å². The molecule has 2 heteroatoms. The first-order valence-corrected chi connectivity index (χ1v) is 6.44. The van der Waals surface area contributed by atoms with Gasteiger partial charge >= 0.3 is 0 Å². The van der Waals surface area contributed by atoms with Crippen LogP contribution < -0.4 is 0 Å². The van der Waals surface area contributed by atoms with Crippen molar-refractivity contribution in [3.63, 3.8) is 0 Å². The van der Waals surface area contributed by atoms with E-state index < -0.39 is 0 Å². The van der Waals surface area contributed by atoms with Crippen molar-refractivity contribution in [2.75, 3.05) is 13.1 Å². The molecule has 0 aromatic carbocycles. The van der Waals surface area contributed by atoms with Crippen LogP contribution in [0.5, 0.6) is 0 Å². The molecule has 88 valence electrons. The fraction of sp³-hybridized carbons (Fsp3) is 0.923. The van der Waals surface area contributed by atoms with E-state index >= 15 is 0 Å². The second-order valence-electron chi connectivity index (χ2n) is 5.04. The molecule has 0 heterocycles. The molecule has 0 N–H and O–H groups in total. The normalized spacial score (nSPS) is 18.1.